The third-order valence-corrected chi connectivity index (χ3v) is 4.27. The predicted octanol–water partition coefficient (Wildman–Crippen LogP) is 3.49. The molecule has 1 fully saturated rings. The van der Waals surface area contributed by atoms with Crippen molar-refractivity contribution in [2.24, 2.45) is 5.92 Å². The van der Waals surface area contributed by atoms with Gasteiger partial charge >= 0.3 is 0 Å². The molecule has 2 atom stereocenters. The second-order valence-corrected chi connectivity index (χ2v) is 5.74. The largest absolute Gasteiger partial charge is 0.293 e. The fourth-order valence-corrected chi connectivity index (χ4v) is 3.42. The number of nitrogens with zero attached hydrogens (tertiary/aromatic N) is 1. The molecule has 1 aliphatic heterocycles. The van der Waals surface area contributed by atoms with E-state index in [1.165, 1.54) is 24.1 Å². The molecule has 1 nitrogen and oxygen atoms in total. The van der Waals surface area contributed by atoms with Crippen LogP contribution in [0.25, 0.3) is 5.57 Å². The van der Waals surface area contributed by atoms with Crippen LogP contribution in [0, 0.1) is 12.8 Å². The molecule has 2 unspecified atom stereocenters. The van der Waals surface area contributed by atoms with Gasteiger partial charge in [0.05, 0.1) is 0 Å². The van der Waals surface area contributed by atoms with E-state index in [0.717, 1.165) is 5.92 Å². The fourth-order valence-electron chi connectivity index (χ4n) is 3.42. The average Bonchev–Trinajstić information content (AvgIpc) is 2.88. The molecule has 1 aromatic carbocycles. The molecule has 0 saturated carbocycles. The standard InChI is InChI=1S/C16H21N/c1-11(2)17-10-13-8-15(16(17)9-13)14-7-5-4-6-12(14)3/h4-8,11,13,16H,9-10H2,1-3H3. The molecule has 0 amide bonds. The number of benzene rings is 1. The SMILES string of the molecule is Cc1ccccc1C1=CC2CC1N(C(C)C)C2. The van der Waals surface area contributed by atoms with Crippen molar-refractivity contribution < 1.29 is 0 Å². The Kier molecular flexibility index (Phi) is 2.59. The van der Waals surface area contributed by atoms with E-state index in [2.05, 4.69) is 56.0 Å². The highest BCUT2D eigenvalue weighted by Crippen LogP contribution is 2.43. The lowest BCUT2D eigenvalue weighted by molar-refractivity contribution is 0.231. The van der Waals surface area contributed by atoms with Gasteiger partial charge in [0.2, 0.25) is 0 Å². The van der Waals surface area contributed by atoms with Crippen LogP contribution < -0.4 is 0 Å². The molecule has 17 heavy (non-hydrogen) atoms. The van der Waals surface area contributed by atoms with Gasteiger partial charge in [-0.15, -0.1) is 0 Å². The van der Waals surface area contributed by atoms with E-state index in [1.807, 2.05) is 0 Å². The Morgan fingerprint density at radius 1 is 1.24 bits per heavy atom. The third kappa shape index (κ3) is 1.73. The zero-order chi connectivity index (χ0) is 12.0. The van der Waals surface area contributed by atoms with Gasteiger partial charge in [0.15, 0.2) is 0 Å². The maximum atomic E-state index is 2.66. The van der Waals surface area contributed by atoms with E-state index in [0.29, 0.717) is 12.1 Å². The van der Waals surface area contributed by atoms with E-state index < -0.39 is 0 Å². The van der Waals surface area contributed by atoms with Crippen LogP contribution in [0.3, 0.4) is 0 Å². The van der Waals surface area contributed by atoms with E-state index in [1.54, 1.807) is 5.57 Å². The highest BCUT2D eigenvalue weighted by molar-refractivity contribution is 5.75. The first-order valence-electron chi connectivity index (χ1n) is 6.70. The van der Waals surface area contributed by atoms with Crippen LogP contribution in [-0.2, 0) is 0 Å². The Balaban J connectivity index is 1.96. The van der Waals surface area contributed by atoms with E-state index in [-0.39, 0.29) is 0 Å². The fraction of sp³-hybridized carbons (Fsp3) is 0.500. The summed E-state index contributed by atoms with van der Waals surface area (Å²) in [5.41, 5.74) is 4.45. The summed E-state index contributed by atoms with van der Waals surface area (Å²) in [7, 11) is 0. The number of aryl methyl sites for hydroxylation is 1. The van der Waals surface area contributed by atoms with Crippen molar-refractivity contribution in [3.05, 3.63) is 41.5 Å². The van der Waals surface area contributed by atoms with Crippen LogP contribution in [0.5, 0.6) is 0 Å². The Morgan fingerprint density at radius 2 is 2.00 bits per heavy atom. The Hall–Kier alpha value is -1.08. The number of fused-ring (bicyclic) bond motifs is 2. The van der Waals surface area contributed by atoms with Crippen LogP contribution >= 0.6 is 0 Å². The van der Waals surface area contributed by atoms with Crippen molar-refractivity contribution in [2.45, 2.75) is 39.3 Å². The van der Waals surface area contributed by atoms with Crippen LogP contribution in [0.15, 0.2) is 30.3 Å². The van der Waals surface area contributed by atoms with E-state index in [9.17, 15) is 0 Å². The summed E-state index contributed by atoms with van der Waals surface area (Å²) < 4.78 is 0. The number of rotatable bonds is 2. The average molecular weight is 227 g/mol. The van der Waals surface area contributed by atoms with Crippen LogP contribution in [-0.4, -0.2) is 23.5 Å². The molecular formula is C16H21N. The summed E-state index contributed by atoms with van der Waals surface area (Å²) in [6.07, 6.45) is 3.85. The van der Waals surface area contributed by atoms with Gasteiger partial charge in [-0.3, -0.25) is 4.90 Å². The molecular weight excluding hydrogens is 206 g/mol. The molecule has 0 spiro atoms. The van der Waals surface area contributed by atoms with Crippen molar-refractivity contribution in [1.82, 2.24) is 4.90 Å². The first-order chi connectivity index (χ1) is 8.16. The minimum Gasteiger partial charge on any atom is -0.293 e. The topological polar surface area (TPSA) is 3.24 Å². The maximum absolute atomic E-state index is 2.66. The lowest BCUT2D eigenvalue weighted by Crippen LogP contribution is -2.37. The van der Waals surface area contributed by atoms with Crippen molar-refractivity contribution in [3.63, 3.8) is 0 Å². The minimum atomic E-state index is 0.665. The molecule has 1 aliphatic carbocycles. The van der Waals surface area contributed by atoms with Crippen molar-refractivity contribution in [1.29, 1.82) is 0 Å². The highest BCUT2D eigenvalue weighted by Gasteiger charge is 2.40. The highest BCUT2D eigenvalue weighted by atomic mass is 15.2. The molecule has 2 aliphatic rings. The van der Waals surface area contributed by atoms with Crippen LogP contribution in [0.4, 0.5) is 0 Å². The Labute approximate surface area is 104 Å². The van der Waals surface area contributed by atoms with Gasteiger partial charge < -0.3 is 0 Å². The van der Waals surface area contributed by atoms with Gasteiger partial charge in [-0.2, -0.15) is 0 Å². The van der Waals surface area contributed by atoms with Gasteiger partial charge in [-0.05, 0) is 49.8 Å². The molecule has 2 bridgehead atoms. The second-order valence-electron chi connectivity index (χ2n) is 5.74. The minimum absolute atomic E-state index is 0.665. The van der Waals surface area contributed by atoms with Crippen molar-refractivity contribution >= 4 is 5.57 Å². The van der Waals surface area contributed by atoms with Gasteiger partial charge in [0, 0.05) is 18.6 Å². The lowest BCUT2D eigenvalue weighted by atomic mass is 9.95. The second kappa shape index (κ2) is 3.99. The number of likely N-dealkylation sites (tertiary alicyclic amines) is 1. The monoisotopic (exact) mass is 227 g/mol. The third-order valence-electron chi connectivity index (χ3n) is 4.27. The summed E-state index contributed by atoms with van der Waals surface area (Å²) in [6, 6.07) is 10.1. The van der Waals surface area contributed by atoms with Crippen LogP contribution in [0.1, 0.15) is 31.4 Å². The lowest BCUT2D eigenvalue weighted by Gasteiger charge is -2.32. The molecule has 1 saturated heterocycles. The molecule has 1 heteroatoms. The van der Waals surface area contributed by atoms with Gasteiger partial charge in [0.1, 0.15) is 0 Å². The Morgan fingerprint density at radius 3 is 2.65 bits per heavy atom. The zero-order valence-corrected chi connectivity index (χ0v) is 11.0. The van der Waals surface area contributed by atoms with Gasteiger partial charge in [-0.1, -0.05) is 30.3 Å². The van der Waals surface area contributed by atoms with E-state index in [4.69, 9.17) is 0 Å². The molecule has 1 heterocycles. The van der Waals surface area contributed by atoms with Crippen molar-refractivity contribution in [2.75, 3.05) is 6.54 Å². The molecule has 3 rings (SSSR count). The summed E-state index contributed by atoms with van der Waals surface area (Å²) in [5, 5.41) is 0. The predicted molar refractivity (Wildman–Crippen MR) is 72.9 cm³/mol. The van der Waals surface area contributed by atoms with Gasteiger partial charge in [0.25, 0.3) is 0 Å². The quantitative estimate of drug-likeness (QED) is 0.747. The zero-order valence-electron chi connectivity index (χ0n) is 11.0. The van der Waals surface area contributed by atoms with Crippen LogP contribution in [0.2, 0.25) is 0 Å². The summed E-state index contributed by atoms with van der Waals surface area (Å²) in [6.45, 7) is 8.12. The molecule has 90 valence electrons. The summed E-state index contributed by atoms with van der Waals surface area (Å²) in [5.74, 6) is 0.789. The molecule has 0 aromatic heterocycles. The van der Waals surface area contributed by atoms with E-state index >= 15 is 0 Å². The smallest absolute Gasteiger partial charge is 0.0360 e. The normalized spacial score (nSPS) is 27.9. The number of hydrogen-bond donors (Lipinski definition) is 0. The number of hydrogen-bond acceptors (Lipinski definition) is 1. The molecule has 1 aromatic rings. The molecule has 0 N–H and O–H groups in total. The molecule has 0 radical (unpaired) electrons. The first kappa shape index (κ1) is 11.0. The maximum Gasteiger partial charge on any atom is 0.0360 e. The Bertz CT molecular complexity index is 458. The first-order valence-corrected chi connectivity index (χ1v) is 6.70. The summed E-state index contributed by atoms with van der Waals surface area (Å²) in [4.78, 5) is 2.66. The van der Waals surface area contributed by atoms with Gasteiger partial charge in [-0.25, -0.2) is 0 Å². The summed E-state index contributed by atoms with van der Waals surface area (Å²) >= 11 is 0. The van der Waals surface area contributed by atoms with Crippen molar-refractivity contribution in [3.8, 4) is 0 Å².